The monoisotopic (exact) mass is 427 g/mol. The smallest absolute Gasteiger partial charge is 0.0414 e. The van der Waals surface area contributed by atoms with E-state index in [1.807, 2.05) is 0 Å². The molecule has 0 aliphatic heterocycles. The second-order valence-corrected chi connectivity index (χ2v) is 13.4. The van der Waals surface area contributed by atoms with E-state index in [1.54, 1.807) is 5.56 Å². The highest BCUT2D eigenvalue weighted by Crippen LogP contribution is 2.61. The molecule has 4 saturated carbocycles. The lowest BCUT2D eigenvalue weighted by atomic mass is 9.48. The van der Waals surface area contributed by atoms with Crippen molar-refractivity contribution in [2.24, 2.45) is 17.8 Å². The van der Waals surface area contributed by atoms with E-state index in [0.29, 0.717) is 5.41 Å². The number of hydrogen-bond acceptors (Lipinski definition) is 1. The van der Waals surface area contributed by atoms with Gasteiger partial charge in [0.2, 0.25) is 0 Å². The molecule has 2 aromatic rings. The minimum absolute atomic E-state index is 0.250. The fourth-order valence-corrected chi connectivity index (χ4v) is 8.42. The number of benzene rings is 2. The molecule has 2 aromatic carbocycles. The Hall–Kier alpha value is -1.76. The van der Waals surface area contributed by atoms with Crippen molar-refractivity contribution >= 4 is 11.4 Å². The van der Waals surface area contributed by atoms with Crippen LogP contribution in [0.25, 0.3) is 0 Å². The lowest BCUT2D eigenvalue weighted by Gasteiger charge is -2.57. The maximum Gasteiger partial charge on any atom is 0.0414 e. The first-order valence-electron chi connectivity index (χ1n) is 13.2. The van der Waals surface area contributed by atoms with Crippen LogP contribution in [0.1, 0.15) is 101 Å². The van der Waals surface area contributed by atoms with E-state index in [0.717, 1.165) is 17.8 Å². The van der Waals surface area contributed by atoms with E-state index in [2.05, 4.69) is 76.3 Å². The fraction of sp³-hybridized carbons (Fsp3) is 0.613. The summed E-state index contributed by atoms with van der Waals surface area (Å²) < 4.78 is 0. The Labute approximate surface area is 195 Å². The number of hydrogen-bond donors (Lipinski definition) is 1. The molecular weight excluding hydrogens is 386 g/mol. The Morgan fingerprint density at radius 1 is 0.719 bits per heavy atom. The predicted molar refractivity (Wildman–Crippen MR) is 136 cm³/mol. The molecule has 32 heavy (non-hydrogen) atoms. The first kappa shape index (κ1) is 20.8. The highest BCUT2D eigenvalue weighted by atomic mass is 14.9. The van der Waals surface area contributed by atoms with E-state index in [1.165, 1.54) is 79.4 Å². The molecule has 0 radical (unpaired) electrons. The summed E-state index contributed by atoms with van der Waals surface area (Å²) in [6.07, 6.45) is 11.4. The van der Waals surface area contributed by atoms with Gasteiger partial charge in [-0.3, -0.25) is 0 Å². The van der Waals surface area contributed by atoms with Crippen molar-refractivity contribution in [1.29, 1.82) is 0 Å². The predicted octanol–water partition coefficient (Wildman–Crippen LogP) is 8.56. The van der Waals surface area contributed by atoms with Crippen molar-refractivity contribution < 1.29 is 0 Å². The number of fused-ring (bicyclic) bond motifs is 1. The zero-order valence-electron chi connectivity index (χ0n) is 20.9. The van der Waals surface area contributed by atoms with Gasteiger partial charge in [-0.1, -0.05) is 45.9 Å². The Morgan fingerprint density at radius 2 is 1.31 bits per heavy atom. The molecule has 1 nitrogen and oxygen atoms in total. The first-order valence-corrected chi connectivity index (χ1v) is 13.2. The molecule has 1 heteroatoms. The van der Waals surface area contributed by atoms with Gasteiger partial charge in [0.05, 0.1) is 0 Å². The van der Waals surface area contributed by atoms with Crippen molar-refractivity contribution in [3.05, 3.63) is 58.7 Å². The zero-order chi connectivity index (χ0) is 22.3. The van der Waals surface area contributed by atoms with Gasteiger partial charge in [-0.2, -0.15) is 0 Å². The van der Waals surface area contributed by atoms with Gasteiger partial charge in [0.1, 0.15) is 0 Å². The Morgan fingerprint density at radius 3 is 1.91 bits per heavy atom. The minimum Gasteiger partial charge on any atom is -0.355 e. The normalized spacial score (nSPS) is 33.7. The van der Waals surface area contributed by atoms with Crippen LogP contribution in [0.15, 0.2) is 36.4 Å². The average Bonchev–Trinajstić information content (AvgIpc) is 2.72. The summed E-state index contributed by atoms with van der Waals surface area (Å²) >= 11 is 0. The second-order valence-electron chi connectivity index (χ2n) is 13.4. The average molecular weight is 428 g/mol. The molecule has 5 aliphatic carbocycles. The van der Waals surface area contributed by atoms with Crippen LogP contribution >= 0.6 is 0 Å². The van der Waals surface area contributed by atoms with Gasteiger partial charge in [0, 0.05) is 11.4 Å². The molecule has 170 valence electrons. The number of aryl methyl sites for hydroxylation is 1. The summed E-state index contributed by atoms with van der Waals surface area (Å²) in [5, 5.41) is 3.79. The number of anilines is 2. The van der Waals surface area contributed by atoms with E-state index in [4.69, 9.17) is 0 Å². The van der Waals surface area contributed by atoms with Gasteiger partial charge < -0.3 is 5.32 Å². The molecule has 0 amide bonds. The van der Waals surface area contributed by atoms with Crippen molar-refractivity contribution in [2.75, 3.05) is 5.32 Å². The molecule has 4 bridgehead atoms. The largest absolute Gasteiger partial charge is 0.355 e. The third-order valence-corrected chi connectivity index (χ3v) is 10.0. The molecule has 0 spiro atoms. The molecule has 0 heterocycles. The van der Waals surface area contributed by atoms with Crippen LogP contribution in [0.4, 0.5) is 11.4 Å². The molecule has 5 aliphatic rings. The SMILES string of the molecule is Cc1cc(C23CC4CC(CC(C4)C2)C3)ccc1Nc1ccc2c(c1)C(C)(C)CCC2(C)C. The van der Waals surface area contributed by atoms with Crippen LogP contribution in [0.5, 0.6) is 0 Å². The van der Waals surface area contributed by atoms with Gasteiger partial charge in [-0.25, -0.2) is 0 Å². The van der Waals surface area contributed by atoms with Crippen molar-refractivity contribution in [3.8, 4) is 0 Å². The van der Waals surface area contributed by atoms with Crippen LogP contribution in [0.3, 0.4) is 0 Å². The van der Waals surface area contributed by atoms with Crippen LogP contribution in [0.2, 0.25) is 0 Å². The van der Waals surface area contributed by atoms with Gasteiger partial charge in [-0.15, -0.1) is 0 Å². The van der Waals surface area contributed by atoms with Crippen molar-refractivity contribution in [2.45, 2.75) is 102 Å². The third kappa shape index (κ3) is 3.25. The van der Waals surface area contributed by atoms with E-state index in [9.17, 15) is 0 Å². The molecule has 7 rings (SSSR count). The quantitative estimate of drug-likeness (QED) is 0.517. The summed E-state index contributed by atoms with van der Waals surface area (Å²) in [6, 6.07) is 14.5. The molecule has 1 N–H and O–H groups in total. The van der Waals surface area contributed by atoms with Crippen LogP contribution in [0, 0.1) is 24.7 Å². The third-order valence-electron chi connectivity index (χ3n) is 10.0. The summed E-state index contributed by atoms with van der Waals surface area (Å²) in [6.45, 7) is 11.9. The molecule has 0 atom stereocenters. The maximum absolute atomic E-state index is 3.79. The number of nitrogens with one attached hydrogen (secondary N) is 1. The Balaban J connectivity index is 1.29. The van der Waals surface area contributed by atoms with Crippen LogP contribution in [-0.4, -0.2) is 0 Å². The van der Waals surface area contributed by atoms with E-state index in [-0.39, 0.29) is 10.8 Å². The van der Waals surface area contributed by atoms with Gasteiger partial charge in [-0.05, 0) is 133 Å². The minimum atomic E-state index is 0.250. The lowest BCUT2D eigenvalue weighted by Crippen LogP contribution is -2.48. The topological polar surface area (TPSA) is 12.0 Å². The molecule has 0 saturated heterocycles. The summed E-state index contributed by atoms with van der Waals surface area (Å²) in [5.41, 5.74) is 9.61. The summed E-state index contributed by atoms with van der Waals surface area (Å²) in [5.74, 6) is 3.01. The molecule has 0 unspecified atom stereocenters. The van der Waals surface area contributed by atoms with E-state index >= 15 is 0 Å². The second kappa shape index (κ2) is 6.87. The lowest BCUT2D eigenvalue weighted by molar-refractivity contribution is -0.00520. The Kier molecular flexibility index (Phi) is 4.47. The van der Waals surface area contributed by atoms with Crippen molar-refractivity contribution in [3.63, 3.8) is 0 Å². The fourth-order valence-electron chi connectivity index (χ4n) is 8.42. The maximum atomic E-state index is 3.79. The van der Waals surface area contributed by atoms with Gasteiger partial charge in [0.15, 0.2) is 0 Å². The van der Waals surface area contributed by atoms with Crippen LogP contribution in [-0.2, 0) is 16.2 Å². The van der Waals surface area contributed by atoms with Crippen LogP contribution < -0.4 is 5.32 Å². The summed E-state index contributed by atoms with van der Waals surface area (Å²) in [7, 11) is 0. The Bertz CT molecular complexity index is 1020. The van der Waals surface area contributed by atoms with Gasteiger partial charge >= 0.3 is 0 Å². The molecule has 0 aromatic heterocycles. The summed E-state index contributed by atoms with van der Waals surface area (Å²) in [4.78, 5) is 0. The zero-order valence-corrected chi connectivity index (χ0v) is 20.9. The highest BCUT2D eigenvalue weighted by molar-refractivity contribution is 5.66. The standard InChI is InChI=1S/C31H41N/c1-20-12-24(31-17-21-13-22(18-31)15-23(14-21)19-31)6-9-28(20)32-25-7-8-26-27(16-25)30(4,5)11-10-29(26,2)3/h6-9,12,16,21-23,32H,10-11,13-15,17-19H2,1-5H3. The number of rotatable bonds is 3. The van der Waals surface area contributed by atoms with Gasteiger partial charge in [0.25, 0.3) is 0 Å². The molecule has 4 fully saturated rings. The first-order chi connectivity index (χ1) is 15.1. The van der Waals surface area contributed by atoms with Crippen molar-refractivity contribution in [1.82, 2.24) is 0 Å². The van der Waals surface area contributed by atoms with E-state index < -0.39 is 0 Å². The molecular formula is C31H41N. The highest BCUT2D eigenvalue weighted by Gasteiger charge is 2.51.